The van der Waals surface area contributed by atoms with Crippen LogP contribution >= 0.6 is 24.2 Å². The van der Waals surface area contributed by atoms with Gasteiger partial charge in [-0.15, -0.1) is 24.2 Å². The molecule has 1 rings (SSSR count). The van der Waals surface area contributed by atoms with Gasteiger partial charge < -0.3 is 10.6 Å². The van der Waals surface area contributed by atoms with Crippen molar-refractivity contribution >= 4 is 35.8 Å². The number of amides is 1. The molecular weight excluding hydrogens is 350 g/mol. The predicted molar refractivity (Wildman–Crippen MR) is 101 cm³/mol. The van der Waals surface area contributed by atoms with E-state index in [1.807, 2.05) is 14.0 Å². The molecule has 1 aromatic rings. The van der Waals surface area contributed by atoms with Crippen molar-refractivity contribution in [3.05, 3.63) is 33.9 Å². The van der Waals surface area contributed by atoms with Gasteiger partial charge in [-0.2, -0.15) is 0 Å². The highest BCUT2D eigenvalue weighted by molar-refractivity contribution is 7.99. The van der Waals surface area contributed by atoms with Crippen LogP contribution in [0.1, 0.15) is 37.6 Å². The fraction of sp³-hybridized carbons (Fsp3) is 0.562. The van der Waals surface area contributed by atoms with Crippen LogP contribution in [0.25, 0.3) is 0 Å². The summed E-state index contributed by atoms with van der Waals surface area (Å²) in [6.07, 6.45) is 0.992. The zero-order valence-corrected chi connectivity index (χ0v) is 16.1. The molecular formula is C16H26ClN3O3S. The lowest BCUT2D eigenvalue weighted by Crippen LogP contribution is -2.37. The first-order valence-electron chi connectivity index (χ1n) is 7.71. The molecule has 0 fully saturated rings. The van der Waals surface area contributed by atoms with Crippen LogP contribution in [0.5, 0.6) is 0 Å². The van der Waals surface area contributed by atoms with Gasteiger partial charge in [0.05, 0.1) is 9.82 Å². The van der Waals surface area contributed by atoms with E-state index in [4.69, 9.17) is 0 Å². The van der Waals surface area contributed by atoms with E-state index in [-0.39, 0.29) is 30.0 Å². The summed E-state index contributed by atoms with van der Waals surface area (Å²) < 4.78 is 0. The second-order valence-electron chi connectivity index (χ2n) is 5.87. The molecule has 8 heteroatoms. The zero-order valence-electron chi connectivity index (χ0n) is 14.5. The van der Waals surface area contributed by atoms with Gasteiger partial charge in [0.15, 0.2) is 0 Å². The predicted octanol–water partition coefficient (Wildman–Crippen LogP) is 3.49. The quantitative estimate of drug-likeness (QED) is 0.392. The van der Waals surface area contributed by atoms with E-state index in [9.17, 15) is 14.9 Å². The summed E-state index contributed by atoms with van der Waals surface area (Å²) in [6, 6.07) is 4.81. The van der Waals surface area contributed by atoms with Gasteiger partial charge in [-0.1, -0.05) is 13.8 Å². The van der Waals surface area contributed by atoms with Crippen molar-refractivity contribution in [3.63, 3.8) is 0 Å². The standard InChI is InChI=1S/C16H25N3O3S.ClH/c1-11(2)7-8-23-15-6-5-13(9-14(15)19(21)22)16(20)18-10-12(3)17-4;/h5-6,9,11-12,17H,7-8,10H2,1-4H3,(H,18,20);1H. The largest absolute Gasteiger partial charge is 0.350 e. The average Bonchev–Trinajstić information content (AvgIpc) is 2.51. The first-order chi connectivity index (χ1) is 10.8. The van der Waals surface area contributed by atoms with Crippen LogP contribution < -0.4 is 10.6 Å². The van der Waals surface area contributed by atoms with Crippen LogP contribution in [0.4, 0.5) is 5.69 Å². The summed E-state index contributed by atoms with van der Waals surface area (Å²) in [5.41, 5.74) is 0.307. The van der Waals surface area contributed by atoms with Gasteiger partial charge in [0.25, 0.3) is 11.6 Å². The molecule has 0 radical (unpaired) electrons. The van der Waals surface area contributed by atoms with Gasteiger partial charge in [0.1, 0.15) is 0 Å². The number of nitro groups is 1. The number of nitrogens with one attached hydrogen (secondary N) is 2. The molecule has 0 bridgehead atoms. The highest BCUT2D eigenvalue weighted by atomic mass is 35.5. The van der Waals surface area contributed by atoms with E-state index in [1.165, 1.54) is 17.8 Å². The van der Waals surface area contributed by atoms with Crippen molar-refractivity contribution in [2.24, 2.45) is 5.92 Å². The minimum absolute atomic E-state index is 0. The van der Waals surface area contributed by atoms with E-state index >= 15 is 0 Å². The average molecular weight is 376 g/mol. The molecule has 0 aliphatic heterocycles. The minimum Gasteiger partial charge on any atom is -0.350 e. The van der Waals surface area contributed by atoms with E-state index in [2.05, 4.69) is 24.5 Å². The third-order valence-electron chi connectivity index (χ3n) is 3.43. The Morgan fingerprint density at radius 3 is 2.54 bits per heavy atom. The third kappa shape index (κ3) is 7.51. The number of carbonyl (C=O) groups excluding carboxylic acids is 1. The van der Waals surface area contributed by atoms with Crippen molar-refractivity contribution in [2.45, 2.75) is 38.1 Å². The number of hydrogen-bond donors (Lipinski definition) is 2. The van der Waals surface area contributed by atoms with E-state index in [0.29, 0.717) is 22.9 Å². The molecule has 1 atom stereocenters. The topological polar surface area (TPSA) is 84.3 Å². The van der Waals surface area contributed by atoms with Gasteiger partial charge in [0.2, 0.25) is 0 Å². The summed E-state index contributed by atoms with van der Waals surface area (Å²) in [4.78, 5) is 23.5. The molecule has 0 heterocycles. The summed E-state index contributed by atoms with van der Waals surface area (Å²) in [5, 5.41) is 17.0. The van der Waals surface area contributed by atoms with Crippen molar-refractivity contribution in [1.29, 1.82) is 0 Å². The Hall–Kier alpha value is -1.31. The molecule has 2 N–H and O–H groups in total. The Morgan fingerprint density at radius 2 is 2.00 bits per heavy atom. The Bertz CT molecular complexity index is 555. The van der Waals surface area contributed by atoms with Crippen LogP contribution in [0.3, 0.4) is 0 Å². The summed E-state index contributed by atoms with van der Waals surface area (Å²) in [6.45, 7) is 6.65. The molecule has 0 aliphatic carbocycles. The highest BCUT2D eigenvalue weighted by Gasteiger charge is 2.18. The molecule has 0 spiro atoms. The van der Waals surface area contributed by atoms with Crippen molar-refractivity contribution in [3.8, 4) is 0 Å². The molecule has 136 valence electrons. The third-order valence-corrected chi connectivity index (χ3v) is 4.53. The molecule has 1 unspecified atom stereocenters. The molecule has 0 saturated heterocycles. The van der Waals surface area contributed by atoms with Gasteiger partial charge in [0, 0.05) is 24.2 Å². The lowest BCUT2D eigenvalue weighted by molar-refractivity contribution is -0.387. The van der Waals surface area contributed by atoms with Crippen LogP contribution in [0.2, 0.25) is 0 Å². The monoisotopic (exact) mass is 375 g/mol. The van der Waals surface area contributed by atoms with Crippen molar-refractivity contribution in [2.75, 3.05) is 19.3 Å². The smallest absolute Gasteiger partial charge is 0.283 e. The molecule has 0 aliphatic rings. The van der Waals surface area contributed by atoms with Crippen LogP contribution in [-0.4, -0.2) is 36.2 Å². The Labute approximate surface area is 153 Å². The maximum Gasteiger partial charge on any atom is 0.283 e. The maximum atomic E-state index is 12.1. The molecule has 6 nitrogen and oxygen atoms in total. The number of rotatable bonds is 9. The SMILES string of the molecule is CNC(C)CNC(=O)c1ccc(SCCC(C)C)c([N+](=O)[O-])c1.Cl. The number of likely N-dealkylation sites (N-methyl/N-ethyl adjacent to an activating group) is 1. The normalized spacial score (nSPS) is 11.7. The minimum atomic E-state index is -0.426. The molecule has 1 amide bonds. The Morgan fingerprint density at radius 1 is 1.33 bits per heavy atom. The lowest BCUT2D eigenvalue weighted by Gasteiger charge is -2.12. The fourth-order valence-electron chi connectivity index (χ4n) is 1.78. The number of nitrogens with zero attached hydrogens (tertiary/aromatic N) is 1. The van der Waals surface area contributed by atoms with E-state index in [1.54, 1.807) is 12.1 Å². The summed E-state index contributed by atoms with van der Waals surface area (Å²) in [5.74, 6) is 1.08. The number of thioether (sulfide) groups is 1. The first-order valence-corrected chi connectivity index (χ1v) is 8.70. The second-order valence-corrected chi connectivity index (χ2v) is 7.01. The number of carbonyl (C=O) groups is 1. The van der Waals surface area contributed by atoms with Crippen LogP contribution in [0.15, 0.2) is 23.1 Å². The molecule has 24 heavy (non-hydrogen) atoms. The van der Waals surface area contributed by atoms with Crippen LogP contribution in [-0.2, 0) is 0 Å². The lowest BCUT2D eigenvalue weighted by atomic mass is 10.2. The van der Waals surface area contributed by atoms with Gasteiger partial charge >= 0.3 is 0 Å². The van der Waals surface area contributed by atoms with E-state index < -0.39 is 4.92 Å². The van der Waals surface area contributed by atoms with Crippen LogP contribution in [0, 0.1) is 16.0 Å². The molecule has 0 saturated carbocycles. The summed E-state index contributed by atoms with van der Waals surface area (Å²) in [7, 11) is 1.81. The fourth-order valence-corrected chi connectivity index (χ4v) is 3.03. The first kappa shape index (κ1) is 22.7. The number of hydrogen-bond acceptors (Lipinski definition) is 5. The van der Waals surface area contributed by atoms with E-state index in [0.717, 1.165) is 12.2 Å². The van der Waals surface area contributed by atoms with Gasteiger partial charge in [-0.3, -0.25) is 14.9 Å². The highest BCUT2D eigenvalue weighted by Crippen LogP contribution is 2.31. The molecule has 1 aromatic carbocycles. The number of benzene rings is 1. The molecule has 0 aromatic heterocycles. The Balaban J connectivity index is 0.00000529. The summed E-state index contributed by atoms with van der Waals surface area (Å²) >= 11 is 1.46. The maximum absolute atomic E-state index is 12.1. The van der Waals surface area contributed by atoms with Crippen molar-refractivity contribution in [1.82, 2.24) is 10.6 Å². The van der Waals surface area contributed by atoms with Crippen molar-refractivity contribution < 1.29 is 9.72 Å². The Kier molecular flexibility index (Phi) is 10.7. The van der Waals surface area contributed by atoms with Gasteiger partial charge in [-0.05, 0) is 44.2 Å². The van der Waals surface area contributed by atoms with Gasteiger partial charge in [-0.25, -0.2) is 0 Å². The number of halogens is 1. The second kappa shape index (κ2) is 11.3. The zero-order chi connectivity index (χ0) is 17.4. The number of nitro benzene ring substituents is 1.